The average Bonchev–Trinajstić information content (AvgIpc) is 2.61. The van der Waals surface area contributed by atoms with Crippen LogP contribution >= 0.6 is 0 Å². The number of methoxy groups -OCH3 is 1. The molecule has 1 aliphatic rings. The zero-order valence-corrected chi connectivity index (χ0v) is 20.0. The molecule has 0 aromatic heterocycles. The van der Waals surface area contributed by atoms with Crippen LogP contribution in [0.4, 0.5) is 0 Å². The molecule has 0 spiro atoms. The molecule has 1 aliphatic heterocycles. The lowest BCUT2D eigenvalue weighted by Gasteiger charge is -2.39. The number of nitrogens with two attached hydrogens (primary N) is 1. The van der Waals surface area contributed by atoms with Crippen molar-refractivity contribution >= 4 is 8.07 Å². The maximum Gasteiger partial charge on any atom is 0.145 e. The number of hydrogen-bond acceptors (Lipinski definition) is 3. The second-order valence-electron chi connectivity index (χ2n) is 9.40. The molecule has 2 rings (SSSR count). The summed E-state index contributed by atoms with van der Waals surface area (Å²) in [6, 6.07) is 8.57. The van der Waals surface area contributed by atoms with Gasteiger partial charge in [-0.3, -0.25) is 4.90 Å². The van der Waals surface area contributed by atoms with Crippen LogP contribution in [0.25, 0.3) is 0 Å². The van der Waals surface area contributed by atoms with Crippen LogP contribution in [0.5, 0.6) is 5.75 Å². The predicted molar refractivity (Wildman–Crippen MR) is 123 cm³/mol. The monoisotopic (exact) mass is 400 g/mol. The summed E-state index contributed by atoms with van der Waals surface area (Å²) in [7, 11) is 0.0305. The normalized spacial score (nSPS) is 21.1. The van der Waals surface area contributed by atoms with Crippen LogP contribution in [0, 0.1) is 17.4 Å². The molecule has 1 unspecified atom stereocenters. The zero-order chi connectivity index (χ0) is 20.9. The van der Waals surface area contributed by atoms with Gasteiger partial charge in [-0.25, -0.2) is 0 Å². The second-order valence-corrected chi connectivity index (χ2v) is 15.0. The van der Waals surface area contributed by atoms with Crippen molar-refractivity contribution in [1.29, 1.82) is 0 Å². The number of piperidine rings is 1. The molecule has 0 aliphatic carbocycles. The third-order valence-corrected chi connectivity index (χ3v) is 12.8. The number of likely N-dealkylation sites (tertiary alicyclic amines) is 1. The molecule has 1 aromatic carbocycles. The molecule has 1 aromatic rings. The van der Waals surface area contributed by atoms with Crippen molar-refractivity contribution < 1.29 is 4.74 Å². The molecule has 1 fully saturated rings. The van der Waals surface area contributed by atoms with E-state index >= 15 is 0 Å². The first kappa shape index (κ1) is 23.0. The summed E-state index contributed by atoms with van der Waals surface area (Å²) in [6.45, 7) is 17.2. The fourth-order valence-corrected chi connectivity index (χ4v) is 10.4. The number of rotatable bonds is 6. The van der Waals surface area contributed by atoms with E-state index in [1.54, 1.807) is 7.11 Å². The summed E-state index contributed by atoms with van der Waals surface area (Å²) in [5.41, 5.74) is 13.7. The standard InChI is InChI=1S/C24H40N2OSi/c1-18(2)28(19(3)4,20(5)6)13-12-22-14-23(25)17-26(16-22)15-21-8-10-24(27-7)11-9-21/h8-11,18-20,22-23H,14-17,25H2,1-7H3/t22?,23-/m0/s1. The van der Waals surface area contributed by atoms with Gasteiger partial charge in [0, 0.05) is 31.6 Å². The van der Waals surface area contributed by atoms with E-state index in [0.717, 1.165) is 31.8 Å². The Labute approximate surface area is 174 Å². The van der Waals surface area contributed by atoms with Crippen LogP contribution < -0.4 is 10.5 Å². The smallest absolute Gasteiger partial charge is 0.145 e. The van der Waals surface area contributed by atoms with Crippen molar-refractivity contribution in [2.45, 2.75) is 77.2 Å². The summed E-state index contributed by atoms with van der Waals surface area (Å²) in [5, 5.41) is 0. The van der Waals surface area contributed by atoms with E-state index in [2.05, 4.69) is 70.0 Å². The molecule has 4 heteroatoms. The maximum absolute atomic E-state index is 6.42. The van der Waals surface area contributed by atoms with E-state index in [-0.39, 0.29) is 6.04 Å². The van der Waals surface area contributed by atoms with E-state index < -0.39 is 8.07 Å². The molecule has 2 N–H and O–H groups in total. The highest BCUT2D eigenvalue weighted by atomic mass is 28.3. The lowest BCUT2D eigenvalue weighted by Crippen LogP contribution is -2.47. The van der Waals surface area contributed by atoms with Crippen LogP contribution in [0.3, 0.4) is 0 Å². The van der Waals surface area contributed by atoms with Crippen LogP contribution in [0.2, 0.25) is 16.6 Å². The van der Waals surface area contributed by atoms with Crippen molar-refractivity contribution in [3.63, 3.8) is 0 Å². The zero-order valence-electron chi connectivity index (χ0n) is 19.0. The Morgan fingerprint density at radius 3 is 2.11 bits per heavy atom. The van der Waals surface area contributed by atoms with Gasteiger partial charge in [0.05, 0.1) is 7.11 Å². The highest BCUT2D eigenvalue weighted by Gasteiger charge is 2.41. The topological polar surface area (TPSA) is 38.5 Å². The van der Waals surface area contributed by atoms with Crippen LogP contribution in [-0.4, -0.2) is 39.2 Å². The molecule has 1 saturated heterocycles. The molecule has 0 saturated carbocycles. The maximum atomic E-state index is 6.42. The van der Waals surface area contributed by atoms with E-state index in [1.807, 2.05) is 12.1 Å². The van der Waals surface area contributed by atoms with E-state index in [0.29, 0.717) is 22.5 Å². The van der Waals surface area contributed by atoms with Gasteiger partial charge in [0.1, 0.15) is 13.8 Å². The van der Waals surface area contributed by atoms with Crippen molar-refractivity contribution in [2.75, 3.05) is 20.2 Å². The minimum Gasteiger partial charge on any atom is -0.497 e. The first-order chi connectivity index (χ1) is 13.2. The lowest BCUT2D eigenvalue weighted by molar-refractivity contribution is 0.174. The Balaban J connectivity index is 2.14. The minimum atomic E-state index is -1.67. The number of hydrogen-bond donors (Lipinski definition) is 1. The molecule has 1 heterocycles. The SMILES string of the molecule is COc1ccc(CN2CC(C#C[Si](C(C)C)(C(C)C)C(C)C)C[C@H](N)C2)cc1. The Morgan fingerprint density at radius 1 is 1.04 bits per heavy atom. The van der Waals surface area contributed by atoms with Crippen molar-refractivity contribution in [2.24, 2.45) is 11.7 Å². The van der Waals surface area contributed by atoms with E-state index in [9.17, 15) is 0 Å². The molecule has 2 atom stereocenters. The van der Waals surface area contributed by atoms with Gasteiger partial charge >= 0.3 is 0 Å². The second kappa shape index (κ2) is 9.96. The number of nitrogens with zero attached hydrogens (tertiary/aromatic N) is 1. The first-order valence-electron chi connectivity index (χ1n) is 10.8. The molecular weight excluding hydrogens is 360 g/mol. The highest BCUT2D eigenvalue weighted by molar-refractivity contribution is 6.90. The average molecular weight is 401 g/mol. The quantitative estimate of drug-likeness (QED) is 0.535. The van der Waals surface area contributed by atoms with Crippen molar-refractivity contribution in [1.82, 2.24) is 4.90 Å². The minimum absolute atomic E-state index is 0.208. The summed E-state index contributed by atoms with van der Waals surface area (Å²) < 4.78 is 5.27. The first-order valence-corrected chi connectivity index (χ1v) is 13.1. The molecule has 28 heavy (non-hydrogen) atoms. The Kier molecular flexibility index (Phi) is 8.18. The van der Waals surface area contributed by atoms with Gasteiger partial charge < -0.3 is 10.5 Å². The Hall–Kier alpha value is -1.28. The van der Waals surface area contributed by atoms with E-state index in [1.165, 1.54) is 5.56 Å². The lowest BCUT2D eigenvalue weighted by atomic mass is 9.95. The number of ether oxygens (including phenoxy) is 1. The summed E-state index contributed by atoms with van der Waals surface area (Å²) in [6.07, 6.45) is 1.02. The fraction of sp³-hybridized carbons (Fsp3) is 0.667. The van der Waals surface area contributed by atoms with E-state index in [4.69, 9.17) is 10.5 Å². The van der Waals surface area contributed by atoms with Gasteiger partial charge in [0.2, 0.25) is 0 Å². The molecule has 0 radical (unpaired) electrons. The Morgan fingerprint density at radius 2 is 1.61 bits per heavy atom. The molecule has 156 valence electrons. The largest absolute Gasteiger partial charge is 0.497 e. The van der Waals surface area contributed by atoms with Crippen LogP contribution in [0.15, 0.2) is 24.3 Å². The molecule has 3 nitrogen and oxygen atoms in total. The highest BCUT2D eigenvalue weighted by Crippen LogP contribution is 2.40. The van der Waals surface area contributed by atoms with Gasteiger partial charge in [-0.05, 0) is 40.7 Å². The van der Waals surface area contributed by atoms with Gasteiger partial charge in [-0.2, -0.15) is 0 Å². The fourth-order valence-electron chi connectivity index (χ4n) is 5.12. The van der Waals surface area contributed by atoms with Gasteiger partial charge in [-0.1, -0.05) is 53.7 Å². The van der Waals surface area contributed by atoms with Gasteiger partial charge in [0.15, 0.2) is 0 Å². The van der Waals surface area contributed by atoms with Crippen molar-refractivity contribution in [3.05, 3.63) is 29.8 Å². The third kappa shape index (κ3) is 5.41. The van der Waals surface area contributed by atoms with Gasteiger partial charge in [-0.15, -0.1) is 11.5 Å². The molecular formula is C24H40N2OSi. The molecule has 0 amide bonds. The summed E-state index contributed by atoms with van der Waals surface area (Å²) in [5.74, 6) is 5.02. The van der Waals surface area contributed by atoms with Crippen LogP contribution in [-0.2, 0) is 6.54 Å². The third-order valence-electron chi connectivity index (χ3n) is 6.48. The van der Waals surface area contributed by atoms with Crippen LogP contribution in [0.1, 0.15) is 53.5 Å². The summed E-state index contributed by atoms with van der Waals surface area (Å²) >= 11 is 0. The summed E-state index contributed by atoms with van der Waals surface area (Å²) in [4.78, 5) is 2.47. The van der Waals surface area contributed by atoms with Crippen molar-refractivity contribution in [3.8, 4) is 17.2 Å². The predicted octanol–water partition coefficient (Wildman–Crippen LogP) is 5.07. The Bertz CT molecular complexity index is 650. The molecule has 0 bridgehead atoms. The van der Waals surface area contributed by atoms with Gasteiger partial charge in [0.25, 0.3) is 0 Å². The number of benzene rings is 1.